The standard InChI is InChI=1S/C79H83N11O7/c1-9-84(10-2)55-36-40-63-69(45-55)96-70-46-56(85(11-3)12-4)37-41-64(70)78(63)61-31-21-19-29-59(61)76(91)89(78)80-49-53-27-17-23-33-67(53)94-51-73-82-74(88(83-73)75-35-25-26-44-93-75)52-95-68-34-24-18-28-54(68)50-81-90-77(92)60-30-20-22-32-62(60)79(90)65-42-38-57(86(13-5)14-6)47-71(65)97-72-48-58(39-43-66(72)79)87(15-7)16-8/h17-24,27-34,36-43,45-50,75H,9-16,25-26,35,44,51-52H2,1-8H3/b80-49-,81-50+. The van der Waals surface area contributed by atoms with E-state index in [1.165, 1.54) is 0 Å². The number of hydrazone groups is 2. The fraction of sp³-hybridized carbons (Fsp3) is 0.316. The van der Waals surface area contributed by atoms with E-state index >= 15 is 9.59 Å². The zero-order valence-electron chi connectivity index (χ0n) is 56.6. The molecule has 5 aliphatic heterocycles. The SMILES string of the molecule is CCN(CC)c1ccc2c(c1)Oc1cc(N(CC)CC)ccc1C21c2ccccc2C(=O)N1/N=C\c1ccccc1OCc1nc(COc2ccccc2/C=N/N2C(=O)c3ccccc3C23c2ccc(N(CC)CC)cc2Oc2cc(N(CC)CC)ccc23)n(C2CCCCO2)n1. The molecule has 97 heavy (non-hydrogen) atoms. The Morgan fingerprint density at radius 2 is 0.856 bits per heavy atom. The van der Waals surface area contributed by atoms with Gasteiger partial charge in [0.05, 0.1) is 12.4 Å². The van der Waals surface area contributed by atoms with Crippen molar-refractivity contribution in [2.45, 2.75) is 105 Å². The van der Waals surface area contributed by atoms with E-state index in [1.54, 1.807) is 22.4 Å². The van der Waals surface area contributed by atoms with Crippen molar-refractivity contribution in [3.05, 3.63) is 237 Å². The summed E-state index contributed by atoms with van der Waals surface area (Å²) in [5.74, 6) is 4.18. The highest BCUT2D eigenvalue weighted by Gasteiger charge is 2.59. The lowest BCUT2D eigenvalue weighted by Gasteiger charge is -2.42. The van der Waals surface area contributed by atoms with Crippen LogP contribution in [0.15, 0.2) is 180 Å². The molecule has 1 aromatic heterocycles. The second kappa shape index (κ2) is 27.0. The number of amides is 2. The molecule has 9 aromatic rings. The van der Waals surface area contributed by atoms with Crippen LogP contribution >= 0.6 is 0 Å². The van der Waals surface area contributed by atoms with Crippen molar-refractivity contribution in [3.63, 3.8) is 0 Å². The number of ether oxygens (including phenoxy) is 5. The molecule has 0 aliphatic carbocycles. The van der Waals surface area contributed by atoms with Crippen LogP contribution in [0.25, 0.3) is 0 Å². The van der Waals surface area contributed by atoms with Crippen LogP contribution in [0.4, 0.5) is 22.7 Å². The van der Waals surface area contributed by atoms with E-state index in [9.17, 15) is 0 Å². The first-order chi connectivity index (χ1) is 47.5. The number of nitrogens with zero attached hydrogens (tertiary/aromatic N) is 11. The third-order valence-corrected chi connectivity index (χ3v) is 19.8. The summed E-state index contributed by atoms with van der Waals surface area (Å²) in [4.78, 5) is 44.6. The molecule has 1 fully saturated rings. The number of rotatable bonds is 23. The van der Waals surface area contributed by atoms with Gasteiger partial charge in [-0.2, -0.15) is 10.2 Å². The van der Waals surface area contributed by atoms with Crippen LogP contribution in [0.5, 0.6) is 34.5 Å². The Hall–Kier alpha value is -10.5. The first-order valence-corrected chi connectivity index (χ1v) is 34.4. The van der Waals surface area contributed by atoms with Crippen LogP contribution in [0.3, 0.4) is 0 Å². The average Bonchev–Trinajstić information content (AvgIpc) is 1.60. The Bertz CT molecular complexity index is 4360. The fourth-order valence-corrected chi connectivity index (χ4v) is 15.0. The lowest BCUT2D eigenvalue weighted by molar-refractivity contribution is -0.0429. The summed E-state index contributed by atoms with van der Waals surface area (Å²) in [5.41, 5.74) is 9.03. The third kappa shape index (κ3) is 10.9. The second-order valence-corrected chi connectivity index (χ2v) is 24.7. The predicted molar refractivity (Wildman–Crippen MR) is 381 cm³/mol. The Labute approximate surface area is 567 Å². The van der Waals surface area contributed by atoms with Gasteiger partial charge in [0.1, 0.15) is 58.8 Å². The van der Waals surface area contributed by atoms with Gasteiger partial charge >= 0.3 is 0 Å². The molecule has 6 heterocycles. The highest BCUT2D eigenvalue weighted by atomic mass is 16.5. The number of hydrogen-bond acceptors (Lipinski definition) is 15. The van der Waals surface area contributed by atoms with Gasteiger partial charge in [-0.05, 0) is 135 Å². The lowest BCUT2D eigenvalue weighted by Crippen LogP contribution is -2.44. The van der Waals surface area contributed by atoms with Gasteiger partial charge in [0.2, 0.25) is 0 Å². The van der Waals surface area contributed by atoms with Crippen LogP contribution in [0, 0.1) is 0 Å². The molecule has 0 radical (unpaired) electrons. The van der Waals surface area contributed by atoms with Crippen molar-refractivity contribution in [1.29, 1.82) is 0 Å². The summed E-state index contributed by atoms with van der Waals surface area (Å²) in [7, 11) is 0. The van der Waals surface area contributed by atoms with E-state index in [1.807, 2.05) is 102 Å². The molecule has 0 bridgehead atoms. The molecule has 18 heteroatoms. The van der Waals surface area contributed by atoms with Crippen molar-refractivity contribution in [2.75, 3.05) is 78.6 Å². The molecule has 14 rings (SSSR count). The summed E-state index contributed by atoms with van der Waals surface area (Å²) in [6, 6.07) is 56.2. The fourth-order valence-electron chi connectivity index (χ4n) is 15.0. The number of fused-ring (bicyclic) bond motifs is 12. The lowest BCUT2D eigenvalue weighted by atomic mass is 9.75. The molecule has 5 aliphatic rings. The van der Waals surface area contributed by atoms with Gasteiger partial charge in [0.25, 0.3) is 11.8 Å². The molecule has 18 nitrogen and oxygen atoms in total. The van der Waals surface area contributed by atoms with Crippen molar-refractivity contribution in [1.82, 2.24) is 24.8 Å². The number of hydrogen-bond donors (Lipinski definition) is 0. The van der Waals surface area contributed by atoms with Crippen molar-refractivity contribution >= 4 is 47.0 Å². The van der Waals surface area contributed by atoms with E-state index < -0.39 is 11.1 Å². The van der Waals surface area contributed by atoms with Crippen LogP contribution in [0.2, 0.25) is 0 Å². The maximum absolute atomic E-state index is 15.2. The van der Waals surface area contributed by atoms with Gasteiger partial charge < -0.3 is 43.3 Å². The van der Waals surface area contributed by atoms with Crippen LogP contribution in [-0.2, 0) is 29.0 Å². The molecule has 1 unspecified atom stereocenters. The minimum Gasteiger partial charge on any atom is -0.485 e. The molecule has 0 N–H and O–H groups in total. The smallest absolute Gasteiger partial charge is 0.275 e. The summed E-state index contributed by atoms with van der Waals surface area (Å²) in [6.45, 7) is 24.3. The topological polar surface area (TPSA) is 155 Å². The van der Waals surface area contributed by atoms with Gasteiger partial charge in [-0.25, -0.2) is 19.7 Å². The highest BCUT2D eigenvalue weighted by Crippen LogP contribution is 2.60. The quantitative estimate of drug-likeness (QED) is 0.0558. The number of carbonyl (C=O) groups excluding carboxylic acids is 2. The van der Waals surface area contributed by atoms with Crippen molar-refractivity contribution < 1.29 is 33.3 Å². The molecule has 0 saturated carbocycles. The molecule has 2 spiro atoms. The Balaban J connectivity index is 0.769. The van der Waals surface area contributed by atoms with Crippen LogP contribution in [-0.4, -0.2) is 108 Å². The normalized spacial score (nSPS) is 16.0. The number of benzene rings is 8. The molecule has 2 amide bonds. The number of para-hydroxylation sites is 2. The highest BCUT2D eigenvalue weighted by molar-refractivity contribution is 6.04. The van der Waals surface area contributed by atoms with Gasteiger partial charge in [0, 0.05) is 162 Å². The van der Waals surface area contributed by atoms with Gasteiger partial charge in [-0.3, -0.25) is 9.59 Å². The molecule has 496 valence electrons. The largest absolute Gasteiger partial charge is 0.485 e. The number of carbonyl (C=O) groups is 2. The van der Waals surface area contributed by atoms with Crippen molar-refractivity contribution in [2.24, 2.45) is 10.2 Å². The minimum absolute atomic E-state index is 0.000471. The maximum atomic E-state index is 15.2. The second-order valence-electron chi connectivity index (χ2n) is 24.7. The van der Waals surface area contributed by atoms with E-state index in [0.717, 1.165) is 128 Å². The first kappa shape index (κ1) is 63.9. The summed E-state index contributed by atoms with van der Waals surface area (Å²) >= 11 is 0. The molecule has 1 saturated heterocycles. The molecule has 1 atom stereocenters. The van der Waals surface area contributed by atoms with Gasteiger partial charge in [-0.1, -0.05) is 84.9 Å². The Morgan fingerprint density at radius 3 is 1.25 bits per heavy atom. The van der Waals surface area contributed by atoms with E-state index in [4.69, 9.17) is 44.0 Å². The third-order valence-electron chi connectivity index (χ3n) is 19.8. The number of anilines is 4. The number of aromatic nitrogens is 3. The zero-order chi connectivity index (χ0) is 67.0. The van der Waals surface area contributed by atoms with Crippen molar-refractivity contribution in [3.8, 4) is 34.5 Å². The Kier molecular flexibility index (Phi) is 17.8. The first-order valence-electron chi connectivity index (χ1n) is 34.4. The Morgan fingerprint density at radius 1 is 0.474 bits per heavy atom. The van der Waals surface area contributed by atoms with Gasteiger partial charge in [-0.15, -0.1) is 5.10 Å². The summed E-state index contributed by atoms with van der Waals surface area (Å²) in [6.07, 6.45) is 5.70. The summed E-state index contributed by atoms with van der Waals surface area (Å²) < 4.78 is 35.5. The molecular formula is C79H83N11O7. The van der Waals surface area contributed by atoms with Gasteiger partial charge in [0.15, 0.2) is 17.9 Å². The minimum atomic E-state index is -1.19. The monoisotopic (exact) mass is 1300 g/mol. The van der Waals surface area contributed by atoms with E-state index in [-0.39, 0.29) is 31.3 Å². The van der Waals surface area contributed by atoms with E-state index in [2.05, 4.69) is 148 Å². The van der Waals surface area contributed by atoms with E-state index in [0.29, 0.717) is 75.0 Å². The maximum Gasteiger partial charge on any atom is 0.275 e. The average molecular weight is 1300 g/mol. The zero-order valence-corrected chi connectivity index (χ0v) is 56.6. The predicted octanol–water partition coefficient (Wildman–Crippen LogP) is 15.3. The molecular weight excluding hydrogens is 1210 g/mol. The molecule has 8 aromatic carbocycles. The van der Waals surface area contributed by atoms with Crippen LogP contribution < -0.4 is 38.5 Å². The summed E-state index contributed by atoms with van der Waals surface area (Å²) in [5, 5.41) is 18.7. The van der Waals surface area contributed by atoms with Crippen LogP contribution in [0.1, 0.15) is 158 Å².